The Kier molecular flexibility index (Phi) is 2.18. The minimum Gasteiger partial charge on any atom is -0.485 e. The zero-order valence-electron chi connectivity index (χ0n) is 13.1. The molecule has 1 aromatic carbocycles. The Balaban J connectivity index is 1.85. The zero-order chi connectivity index (χ0) is 14.4. The molecule has 4 aliphatic rings. The Labute approximate surface area is 126 Å². The lowest BCUT2D eigenvalue weighted by molar-refractivity contribution is -0.00805. The summed E-state index contributed by atoms with van der Waals surface area (Å²) in [6.07, 6.45) is 6.43. The first-order chi connectivity index (χ1) is 10.1. The van der Waals surface area contributed by atoms with E-state index in [0.29, 0.717) is 12.1 Å². The highest BCUT2D eigenvalue weighted by Crippen LogP contribution is 2.62. The first-order valence-electron chi connectivity index (χ1n) is 8.29. The number of benzene rings is 1. The van der Waals surface area contributed by atoms with Gasteiger partial charge in [-0.15, -0.1) is 0 Å². The fraction of sp³-hybridized carbons (Fsp3) is 0.579. The fourth-order valence-electron chi connectivity index (χ4n) is 5.72. The van der Waals surface area contributed by atoms with Gasteiger partial charge in [-0.05, 0) is 69.3 Å². The van der Waals surface area contributed by atoms with Gasteiger partial charge in [0.05, 0.1) is 0 Å². The van der Waals surface area contributed by atoms with E-state index in [0.717, 1.165) is 5.92 Å². The minimum absolute atomic E-state index is 0.269. The largest absolute Gasteiger partial charge is 0.485 e. The maximum Gasteiger partial charge on any atom is 0.130 e. The summed E-state index contributed by atoms with van der Waals surface area (Å²) >= 11 is 0. The molecule has 1 spiro atoms. The van der Waals surface area contributed by atoms with Crippen LogP contribution < -0.4 is 4.74 Å². The molecule has 2 bridgehead atoms. The van der Waals surface area contributed by atoms with Crippen LogP contribution in [0, 0.1) is 12.8 Å². The summed E-state index contributed by atoms with van der Waals surface area (Å²) in [5.74, 6) is 1.96. The number of hydrogen-bond donors (Lipinski definition) is 0. The minimum atomic E-state index is 0.269. The van der Waals surface area contributed by atoms with E-state index in [9.17, 15) is 0 Å². The Morgan fingerprint density at radius 2 is 2.14 bits per heavy atom. The number of aryl methyl sites for hydroxylation is 1. The number of nitrogens with zero attached hydrogens (tertiary/aromatic N) is 1. The third-order valence-corrected chi connectivity index (χ3v) is 6.72. The molecule has 0 N–H and O–H groups in total. The molecule has 2 nitrogen and oxygen atoms in total. The van der Waals surface area contributed by atoms with Gasteiger partial charge in [-0.3, -0.25) is 0 Å². The first-order valence-corrected chi connectivity index (χ1v) is 8.29. The van der Waals surface area contributed by atoms with Crippen LogP contribution in [-0.2, 0) is 11.8 Å². The van der Waals surface area contributed by atoms with E-state index in [4.69, 9.17) is 4.74 Å². The number of likely N-dealkylation sites (N-methyl/N-ethyl adjacent to an activating group) is 1. The van der Waals surface area contributed by atoms with Gasteiger partial charge in [-0.2, -0.15) is 0 Å². The summed E-state index contributed by atoms with van der Waals surface area (Å²) in [6.45, 7) is 5.69. The summed E-state index contributed by atoms with van der Waals surface area (Å²) in [5, 5.41) is 0. The molecule has 2 aliphatic heterocycles. The van der Waals surface area contributed by atoms with Crippen molar-refractivity contribution in [3.05, 3.63) is 40.5 Å². The third-order valence-electron chi connectivity index (χ3n) is 6.72. The lowest BCUT2D eigenvalue weighted by atomic mass is 9.52. The summed E-state index contributed by atoms with van der Waals surface area (Å²) in [5.41, 5.74) is 6.19. The molecule has 1 saturated heterocycles. The van der Waals surface area contributed by atoms with Crippen LogP contribution in [0.15, 0.2) is 23.8 Å². The molecule has 2 aliphatic carbocycles. The molecule has 0 aromatic heterocycles. The van der Waals surface area contributed by atoms with Crippen LogP contribution in [0.1, 0.15) is 36.5 Å². The molecule has 4 atom stereocenters. The molecule has 3 unspecified atom stereocenters. The standard InChI is InChI=1S/C19H23NO/c1-11-4-6-13-10-15-14-7-5-12(2)18-19(14,8-9-20(15)3)16(13)17(11)21-18/h4-6,14-15,18H,7-10H2,1-3H3/t14?,15-,18?,19?/m0/s1. The van der Waals surface area contributed by atoms with Crippen molar-refractivity contribution >= 4 is 0 Å². The molecule has 2 heteroatoms. The lowest BCUT2D eigenvalue weighted by Crippen LogP contribution is -2.63. The molecular formula is C19H23NO. The highest BCUT2D eigenvalue weighted by Gasteiger charge is 2.62. The van der Waals surface area contributed by atoms with Crippen molar-refractivity contribution in [2.24, 2.45) is 5.92 Å². The maximum absolute atomic E-state index is 6.57. The van der Waals surface area contributed by atoms with Gasteiger partial charge >= 0.3 is 0 Å². The van der Waals surface area contributed by atoms with Crippen molar-refractivity contribution in [1.29, 1.82) is 0 Å². The van der Waals surface area contributed by atoms with Crippen LogP contribution in [0.5, 0.6) is 5.75 Å². The third kappa shape index (κ3) is 1.25. The normalized spacial score (nSPS) is 39.6. The quantitative estimate of drug-likeness (QED) is 0.677. The number of allylic oxidation sites excluding steroid dienone is 1. The summed E-state index contributed by atoms with van der Waals surface area (Å²) in [7, 11) is 2.31. The van der Waals surface area contributed by atoms with Crippen molar-refractivity contribution in [1.82, 2.24) is 4.90 Å². The molecule has 2 heterocycles. The van der Waals surface area contributed by atoms with E-state index in [1.54, 1.807) is 11.1 Å². The molecule has 0 radical (unpaired) electrons. The topological polar surface area (TPSA) is 12.5 Å². The molecule has 0 amide bonds. The van der Waals surface area contributed by atoms with Gasteiger partial charge in [0.1, 0.15) is 11.9 Å². The summed E-state index contributed by atoms with van der Waals surface area (Å²) in [6, 6.07) is 5.32. The van der Waals surface area contributed by atoms with Crippen LogP contribution in [0.4, 0.5) is 0 Å². The molecule has 1 aromatic rings. The second-order valence-corrected chi connectivity index (χ2v) is 7.58. The monoisotopic (exact) mass is 281 g/mol. The van der Waals surface area contributed by atoms with Gasteiger partial charge in [0.25, 0.3) is 0 Å². The van der Waals surface area contributed by atoms with Gasteiger partial charge in [-0.25, -0.2) is 0 Å². The van der Waals surface area contributed by atoms with E-state index in [2.05, 4.69) is 44.0 Å². The number of piperidine rings is 1. The van der Waals surface area contributed by atoms with Crippen molar-refractivity contribution in [2.75, 3.05) is 13.6 Å². The molecule has 110 valence electrons. The maximum atomic E-state index is 6.57. The van der Waals surface area contributed by atoms with Crippen LogP contribution >= 0.6 is 0 Å². The fourth-order valence-corrected chi connectivity index (χ4v) is 5.72. The van der Waals surface area contributed by atoms with Crippen molar-refractivity contribution in [3.8, 4) is 5.75 Å². The Morgan fingerprint density at radius 3 is 3.00 bits per heavy atom. The summed E-state index contributed by atoms with van der Waals surface area (Å²) < 4.78 is 6.57. The Hall–Kier alpha value is -1.28. The van der Waals surface area contributed by atoms with Gasteiger partial charge in [0, 0.05) is 17.0 Å². The second kappa shape index (κ2) is 3.73. The highest BCUT2D eigenvalue weighted by molar-refractivity contribution is 5.59. The van der Waals surface area contributed by atoms with Crippen LogP contribution in [0.25, 0.3) is 0 Å². The van der Waals surface area contributed by atoms with E-state index in [1.165, 1.54) is 42.7 Å². The van der Waals surface area contributed by atoms with Crippen LogP contribution in [-0.4, -0.2) is 30.6 Å². The molecule has 21 heavy (non-hydrogen) atoms. The smallest absolute Gasteiger partial charge is 0.130 e. The van der Waals surface area contributed by atoms with E-state index < -0.39 is 0 Å². The van der Waals surface area contributed by atoms with Gasteiger partial charge in [0.15, 0.2) is 0 Å². The van der Waals surface area contributed by atoms with Crippen LogP contribution in [0.2, 0.25) is 0 Å². The van der Waals surface area contributed by atoms with E-state index in [1.807, 2.05) is 0 Å². The second-order valence-electron chi connectivity index (χ2n) is 7.58. The van der Waals surface area contributed by atoms with Gasteiger partial charge in [-0.1, -0.05) is 18.2 Å². The number of hydrogen-bond acceptors (Lipinski definition) is 2. The Morgan fingerprint density at radius 1 is 1.29 bits per heavy atom. The van der Waals surface area contributed by atoms with Crippen molar-refractivity contribution < 1.29 is 4.74 Å². The van der Waals surface area contributed by atoms with Crippen LogP contribution in [0.3, 0.4) is 0 Å². The van der Waals surface area contributed by atoms with Crippen molar-refractivity contribution in [2.45, 2.75) is 50.7 Å². The highest BCUT2D eigenvalue weighted by atomic mass is 16.5. The molecular weight excluding hydrogens is 258 g/mol. The molecule has 5 rings (SSSR count). The number of likely N-dealkylation sites (tertiary alicyclic amines) is 1. The first kappa shape index (κ1) is 12.3. The molecule has 0 saturated carbocycles. The average molecular weight is 281 g/mol. The number of rotatable bonds is 0. The predicted molar refractivity (Wildman–Crippen MR) is 83.9 cm³/mol. The Bertz CT molecular complexity index is 676. The van der Waals surface area contributed by atoms with E-state index >= 15 is 0 Å². The molecule has 1 fully saturated rings. The van der Waals surface area contributed by atoms with E-state index in [-0.39, 0.29) is 5.41 Å². The summed E-state index contributed by atoms with van der Waals surface area (Å²) in [4.78, 5) is 2.60. The SMILES string of the molecule is CC1=CCC2[C@@H]3Cc4ccc(C)c5c4C2(CCN3C)C1O5. The zero-order valence-corrected chi connectivity index (χ0v) is 13.1. The lowest BCUT2D eigenvalue weighted by Gasteiger charge is -2.57. The van der Waals surface area contributed by atoms with Gasteiger partial charge in [0.2, 0.25) is 0 Å². The van der Waals surface area contributed by atoms with Crippen molar-refractivity contribution in [3.63, 3.8) is 0 Å². The predicted octanol–water partition coefficient (Wildman–Crippen LogP) is 3.22. The number of ether oxygens (including phenoxy) is 1. The average Bonchev–Trinajstić information content (AvgIpc) is 2.83. The van der Waals surface area contributed by atoms with Gasteiger partial charge < -0.3 is 9.64 Å².